The molecule has 3 fully saturated rings. The van der Waals surface area contributed by atoms with Crippen molar-refractivity contribution in [1.82, 2.24) is 29.5 Å². The summed E-state index contributed by atoms with van der Waals surface area (Å²) in [4.78, 5) is 42.9. The Labute approximate surface area is 247 Å². The molecule has 3 amide bonds. The minimum Gasteiger partial charge on any atom is -0.385 e. The van der Waals surface area contributed by atoms with Crippen LogP contribution in [0.5, 0.6) is 0 Å². The van der Waals surface area contributed by atoms with E-state index in [9.17, 15) is 19.5 Å². The van der Waals surface area contributed by atoms with Gasteiger partial charge in [-0.15, -0.1) is 0 Å². The number of benzene rings is 1. The molecule has 2 aliphatic heterocycles. The van der Waals surface area contributed by atoms with Crippen LogP contribution >= 0.6 is 0 Å². The maximum absolute atomic E-state index is 13.0. The largest absolute Gasteiger partial charge is 0.385 e. The lowest BCUT2D eigenvalue weighted by Crippen LogP contribution is -2.53. The standard InChI is InChI=1S/C32H33N7O4/c1-37-11-9-22-25(37)8-10-33-29(22)24-16-38(36-28(24)18-2-3-18)20-12-17(13-20)15-34-19-4-5-21-23(14-19)32(43)39(31(21)42)26-6-7-27(40)35-30(26)41/h4-5,8-11,14,16-18,20,26,32,34,43H,2-3,6-7,12-13,15H2,1H3,(H,35,40,41). The van der Waals surface area contributed by atoms with Crippen molar-refractivity contribution in [2.45, 2.75) is 62.8 Å². The van der Waals surface area contributed by atoms with Crippen LogP contribution in [0.4, 0.5) is 5.69 Å². The molecular weight excluding hydrogens is 546 g/mol. The molecule has 2 unspecified atom stereocenters. The molecule has 0 bridgehead atoms. The van der Waals surface area contributed by atoms with Crippen molar-refractivity contribution in [1.29, 1.82) is 0 Å². The van der Waals surface area contributed by atoms with Crippen molar-refractivity contribution in [2.24, 2.45) is 13.0 Å². The summed E-state index contributed by atoms with van der Waals surface area (Å²) in [6.45, 7) is 0.769. The molecule has 5 heterocycles. The molecule has 11 nitrogen and oxygen atoms in total. The average molecular weight is 580 g/mol. The molecule has 0 radical (unpaired) electrons. The lowest BCUT2D eigenvalue weighted by molar-refractivity contribution is -0.139. The van der Waals surface area contributed by atoms with Gasteiger partial charge in [0.15, 0.2) is 6.23 Å². The highest BCUT2D eigenvalue weighted by molar-refractivity contribution is 6.06. The number of anilines is 1. The molecule has 0 spiro atoms. The third-order valence-electron chi connectivity index (χ3n) is 9.58. The normalized spacial score (nSPS) is 25.2. The van der Waals surface area contributed by atoms with Crippen LogP contribution in [0.1, 0.15) is 78.3 Å². The van der Waals surface area contributed by atoms with Crippen LogP contribution in [0.3, 0.4) is 0 Å². The van der Waals surface area contributed by atoms with E-state index in [2.05, 4.69) is 51.5 Å². The Morgan fingerprint density at radius 1 is 1.07 bits per heavy atom. The number of fused-ring (bicyclic) bond motifs is 2. The van der Waals surface area contributed by atoms with Crippen LogP contribution in [0.25, 0.3) is 22.2 Å². The SMILES string of the molecule is Cn1ccc2c(-c3cn(C4CC(CNc5ccc6c(c5)C(O)N(C5CCC(=O)NC5=O)C6=O)C4)nc3C3CC3)nccc21. The number of aryl methyl sites for hydroxylation is 1. The van der Waals surface area contributed by atoms with E-state index in [1.54, 1.807) is 12.1 Å². The third-order valence-corrected chi connectivity index (χ3v) is 9.58. The van der Waals surface area contributed by atoms with Gasteiger partial charge < -0.3 is 15.0 Å². The second kappa shape index (κ2) is 9.77. The number of carbonyl (C=O) groups excluding carboxylic acids is 3. The lowest BCUT2D eigenvalue weighted by atomic mass is 9.80. The first kappa shape index (κ1) is 26.1. The zero-order valence-electron chi connectivity index (χ0n) is 23.9. The Morgan fingerprint density at radius 3 is 2.70 bits per heavy atom. The molecule has 2 aliphatic carbocycles. The summed E-state index contributed by atoms with van der Waals surface area (Å²) in [7, 11) is 2.06. The van der Waals surface area contributed by atoms with E-state index < -0.39 is 24.1 Å². The van der Waals surface area contributed by atoms with Gasteiger partial charge in [-0.2, -0.15) is 5.10 Å². The molecular formula is C32H33N7O4. The van der Waals surface area contributed by atoms with Crippen LogP contribution in [-0.2, 0) is 16.6 Å². The summed E-state index contributed by atoms with van der Waals surface area (Å²) in [6, 6.07) is 9.00. The number of aliphatic hydroxyl groups is 1. The number of rotatable bonds is 7. The van der Waals surface area contributed by atoms with Crippen LogP contribution in [0, 0.1) is 5.92 Å². The monoisotopic (exact) mass is 579 g/mol. The van der Waals surface area contributed by atoms with Crippen molar-refractivity contribution in [3.8, 4) is 11.3 Å². The van der Waals surface area contributed by atoms with E-state index in [-0.39, 0.29) is 18.7 Å². The van der Waals surface area contributed by atoms with Gasteiger partial charge >= 0.3 is 0 Å². The quantitative estimate of drug-likeness (QED) is 0.285. The topological polar surface area (TPSA) is 134 Å². The Morgan fingerprint density at radius 2 is 1.91 bits per heavy atom. The first-order valence-corrected chi connectivity index (χ1v) is 15.1. The minimum atomic E-state index is -1.23. The van der Waals surface area contributed by atoms with Gasteiger partial charge in [0.1, 0.15) is 6.04 Å². The van der Waals surface area contributed by atoms with Gasteiger partial charge in [-0.05, 0) is 68.4 Å². The number of amides is 3. The number of aromatic nitrogens is 4. The summed E-state index contributed by atoms with van der Waals surface area (Å²) in [5.41, 5.74) is 6.18. The van der Waals surface area contributed by atoms with E-state index in [1.807, 2.05) is 12.3 Å². The van der Waals surface area contributed by atoms with Crippen LogP contribution < -0.4 is 10.6 Å². The molecule has 3 aromatic heterocycles. The average Bonchev–Trinajstić information content (AvgIpc) is 3.55. The fourth-order valence-corrected chi connectivity index (χ4v) is 6.94. The second-order valence-electron chi connectivity index (χ2n) is 12.4. The summed E-state index contributed by atoms with van der Waals surface area (Å²) >= 11 is 0. The fourth-order valence-electron chi connectivity index (χ4n) is 6.94. The zero-order valence-corrected chi connectivity index (χ0v) is 23.9. The molecule has 2 atom stereocenters. The third kappa shape index (κ3) is 4.32. The molecule has 1 saturated heterocycles. The van der Waals surface area contributed by atoms with Crippen LogP contribution in [0.2, 0.25) is 0 Å². The summed E-state index contributed by atoms with van der Waals surface area (Å²) in [5.74, 6) is -0.313. The molecule has 220 valence electrons. The number of aliphatic hydroxyl groups excluding tert-OH is 1. The van der Waals surface area contributed by atoms with E-state index >= 15 is 0 Å². The molecule has 2 saturated carbocycles. The summed E-state index contributed by atoms with van der Waals surface area (Å²) in [5, 5.41) is 23.0. The molecule has 4 aliphatic rings. The van der Waals surface area contributed by atoms with Crippen molar-refractivity contribution < 1.29 is 19.5 Å². The Balaban J connectivity index is 0.933. The van der Waals surface area contributed by atoms with E-state index in [0.29, 0.717) is 29.0 Å². The smallest absolute Gasteiger partial charge is 0.257 e. The van der Waals surface area contributed by atoms with Gasteiger partial charge in [-0.25, -0.2) is 0 Å². The number of imide groups is 1. The Kier molecular flexibility index (Phi) is 5.94. The van der Waals surface area contributed by atoms with Gasteiger partial charge in [0.05, 0.1) is 22.9 Å². The lowest BCUT2D eigenvalue weighted by Gasteiger charge is -2.35. The molecule has 8 rings (SSSR count). The van der Waals surface area contributed by atoms with Crippen molar-refractivity contribution in [3.05, 3.63) is 65.7 Å². The number of pyridine rings is 1. The molecule has 3 N–H and O–H groups in total. The van der Waals surface area contributed by atoms with E-state index in [4.69, 9.17) is 10.1 Å². The first-order chi connectivity index (χ1) is 20.9. The highest BCUT2D eigenvalue weighted by Gasteiger charge is 2.44. The summed E-state index contributed by atoms with van der Waals surface area (Å²) in [6.07, 6.45) is 9.65. The first-order valence-electron chi connectivity index (χ1n) is 15.1. The van der Waals surface area contributed by atoms with Gasteiger partial charge in [0.2, 0.25) is 11.8 Å². The Bertz CT molecular complexity index is 1800. The van der Waals surface area contributed by atoms with Gasteiger partial charge in [-0.1, -0.05) is 0 Å². The maximum atomic E-state index is 13.0. The molecule has 43 heavy (non-hydrogen) atoms. The van der Waals surface area contributed by atoms with E-state index in [1.165, 1.54) is 29.0 Å². The predicted octanol–water partition coefficient (Wildman–Crippen LogP) is 3.63. The predicted molar refractivity (Wildman–Crippen MR) is 158 cm³/mol. The van der Waals surface area contributed by atoms with Gasteiger partial charge in [-0.3, -0.25) is 34.3 Å². The number of nitrogens with zero attached hydrogens (tertiary/aromatic N) is 5. The van der Waals surface area contributed by atoms with Crippen LogP contribution in [0.15, 0.2) is 48.9 Å². The number of piperidine rings is 1. The number of nitrogens with one attached hydrogen (secondary N) is 2. The van der Waals surface area contributed by atoms with Crippen LogP contribution in [-0.4, -0.2) is 59.6 Å². The number of hydrogen-bond donors (Lipinski definition) is 3. The summed E-state index contributed by atoms with van der Waals surface area (Å²) < 4.78 is 4.28. The van der Waals surface area contributed by atoms with Gasteiger partial charge in [0, 0.05) is 72.3 Å². The van der Waals surface area contributed by atoms with Crippen molar-refractivity contribution >= 4 is 34.3 Å². The molecule has 1 aromatic carbocycles. The van der Waals surface area contributed by atoms with E-state index in [0.717, 1.165) is 41.7 Å². The van der Waals surface area contributed by atoms with Crippen molar-refractivity contribution in [3.63, 3.8) is 0 Å². The fraction of sp³-hybridized carbons (Fsp3) is 0.406. The highest BCUT2D eigenvalue weighted by atomic mass is 16.3. The van der Waals surface area contributed by atoms with Crippen molar-refractivity contribution in [2.75, 3.05) is 11.9 Å². The maximum Gasteiger partial charge on any atom is 0.257 e. The zero-order chi connectivity index (χ0) is 29.4. The van der Waals surface area contributed by atoms with Gasteiger partial charge in [0.25, 0.3) is 5.91 Å². The second-order valence-corrected chi connectivity index (χ2v) is 12.4. The number of hydrogen-bond acceptors (Lipinski definition) is 7. The minimum absolute atomic E-state index is 0.139. The highest BCUT2D eigenvalue weighted by Crippen LogP contribution is 2.46. The Hall–Kier alpha value is -4.51. The number of carbonyl (C=O) groups is 3. The molecule has 11 heteroatoms. The molecule has 4 aromatic rings.